The highest BCUT2D eigenvalue weighted by molar-refractivity contribution is 6.30. The zero-order chi connectivity index (χ0) is 26.9. The summed E-state index contributed by atoms with van der Waals surface area (Å²) in [6.45, 7) is 1.08. The maximum atomic E-state index is 13.6. The van der Waals surface area contributed by atoms with E-state index in [0.29, 0.717) is 30.2 Å². The van der Waals surface area contributed by atoms with Crippen molar-refractivity contribution in [2.24, 2.45) is 0 Å². The zero-order valence-electron chi connectivity index (χ0n) is 21.1. The van der Waals surface area contributed by atoms with Gasteiger partial charge in [-0.25, -0.2) is 9.18 Å². The minimum Gasteiger partial charge on any atom is -0.383 e. The average Bonchev–Trinajstić information content (AvgIpc) is 3.34. The van der Waals surface area contributed by atoms with Crippen molar-refractivity contribution in [1.29, 1.82) is 0 Å². The number of hydrogen-bond donors (Lipinski definition) is 2. The number of nitrogens with zero attached hydrogens (tertiary/aromatic N) is 2. The zero-order valence-corrected chi connectivity index (χ0v) is 21.9. The summed E-state index contributed by atoms with van der Waals surface area (Å²) in [5.74, 6) is -0.563. The molecule has 0 bridgehead atoms. The average molecular weight is 537 g/mol. The number of aromatic nitrogens is 1. The Bertz CT molecular complexity index is 1360. The van der Waals surface area contributed by atoms with Crippen molar-refractivity contribution in [3.63, 3.8) is 0 Å². The summed E-state index contributed by atoms with van der Waals surface area (Å²) in [5, 5.41) is 4.47. The molecule has 0 aliphatic carbocycles. The van der Waals surface area contributed by atoms with Gasteiger partial charge >= 0.3 is 6.03 Å². The van der Waals surface area contributed by atoms with Crippen molar-refractivity contribution in [1.82, 2.24) is 14.8 Å². The molecule has 38 heavy (non-hydrogen) atoms. The summed E-state index contributed by atoms with van der Waals surface area (Å²) in [5.41, 5.74) is 3.49. The number of nitrogens with one attached hydrogen (secondary N) is 2. The first-order valence-corrected chi connectivity index (χ1v) is 12.7. The van der Waals surface area contributed by atoms with E-state index in [1.807, 2.05) is 30.5 Å². The topological polar surface area (TPSA) is 77.7 Å². The molecule has 1 heterocycles. The van der Waals surface area contributed by atoms with E-state index in [1.54, 1.807) is 48.4 Å². The van der Waals surface area contributed by atoms with Gasteiger partial charge in [-0.15, -0.1) is 0 Å². The smallest absolute Gasteiger partial charge is 0.322 e. The van der Waals surface area contributed by atoms with Crippen LogP contribution in [0.5, 0.6) is 0 Å². The summed E-state index contributed by atoms with van der Waals surface area (Å²) < 4.78 is 18.7. The number of hydrogen-bond acceptors (Lipinski definition) is 3. The fraction of sp³-hybridized carbons (Fsp3) is 0.241. The van der Waals surface area contributed by atoms with Crippen LogP contribution < -0.4 is 5.32 Å². The van der Waals surface area contributed by atoms with Crippen LogP contribution in [-0.2, 0) is 22.5 Å². The number of methoxy groups -OCH3 is 1. The lowest BCUT2D eigenvalue weighted by Gasteiger charge is -2.28. The molecule has 198 valence electrons. The summed E-state index contributed by atoms with van der Waals surface area (Å²) in [7, 11) is 1.54. The highest BCUT2D eigenvalue weighted by Gasteiger charge is 2.22. The predicted molar refractivity (Wildman–Crippen MR) is 148 cm³/mol. The van der Waals surface area contributed by atoms with Gasteiger partial charge in [-0.1, -0.05) is 41.9 Å². The third-order valence-corrected chi connectivity index (χ3v) is 6.49. The molecular formula is C29H30ClFN4O3. The number of halogens is 2. The van der Waals surface area contributed by atoms with Gasteiger partial charge in [0.05, 0.1) is 6.61 Å². The highest BCUT2D eigenvalue weighted by atomic mass is 35.5. The van der Waals surface area contributed by atoms with Crippen molar-refractivity contribution in [2.75, 3.05) is 38.7 Å². The number of para-hydroxylation sites is 1. The number of amides is 3. The molecule has 0 spiro atoms. The molecule has 3 aromatic carbocycles. The van der Waals surface area contributed by atoms with Crippen LogP contribution in [0.15, 0.2) is 79.0 Å². The van der Waals surface area contributed by atoms with Crippen LogP contribution in [-0.4, -0.2) is 60.1 Å². The summed E-state index contributed by atoms with van der Waals surface area (Å²) >= 11 is 5.94. The first-order chi connectivity index (χ1) is 18.4. The Balaban J connectivity index is 1.50. The van der Waals surface area contributed by atoms with Crippen LogP contribution in [0.4, 0.5) is 14.9 Å². The number of benzene rings is 3. The molecule has 0 aliphatic heterocycles. The van der Waals surface area contributed by atoms with E-state index in [2.05, 4.69) is 10.3 Å². The van der Waals surface area contributed by atoms with E-state index >= 15 is 0 Å². The first kappa shape index (κ1) is 27.2. The van der Waals surface area contributed by atoms with E-state index in [0.717, 1.165) is 22.0 Å². The Morgan fingerprint density at radius 2 is 1.71 bits per heavy atom. The van der Waals surface area contributed by atoms with Crippen molar-refractivity contribution >= 4 is 40.1 Å². The molecule has 0 fully saturated rings. The number of carbonyl (C=O) groups is 2. The molecule has 0 atom stereocenters. The standard InChI is InChI=1S/C29H30ClFN4O3/c1-38-17-16-35(29(37)33-25-12-8-23(30)9-13-25)20-28(36)34(19-21-6-10-24(31)11-7-21)15-14-22-18-32-27-5-3-2-4-26(22)27/h2-13,18,32H,14-17,19-20H2,1H3,(H,33,37). The van der Waals surface area contributed by atoms with Crippen molar-refractivity contribution in [3.8, 4) is 0 Å². The van der Waals surface area contributed by atoms with Gasteiger partial charge in [0.2, 0.25) is 5.91 Å². The lowest BCUT2D eigenvalue weighted by Crippen LogP contribution is -2.46. The second kappa shape index (κ2) is 13.1. The van der Waals surface area contributed by atoms with Crippen LogP contribution in [0.1, 0.15) is 11.1 Å². The fourth-order valence-electron chi connectivity index (χ4n) is 4.15. The van der Waals surface area contributed by atoms with Gasteiger partial charge in [-0.2, -0.15) is 0 Å². The quantitative estimate of drug-likeness (QED) is 0.258. The van der Waals surface area contributed by atoms with Crippen molar-refractivity contribution in [2.45, 2.75) is 13.0 Å². The van der Waals surface area contributed by atoms with E-state index in [-0.39, 0.29) is 31.4 Å². The molecule has 0 aliphatic rings. The molecule has 2 N–H and O–H groups in total. The van der Waals surface area contributed by atoms with Gasteiger partial charge in [0.1, 0.15) is 12.4 Å². The third-order valence-electron chi connectivity index (χ3n) is 6.24. The van der Waals surface area contributed by atoms with Gasteiger partial charge in [0.15, 0.2) is 0 Å². The number of rotatable bonds is 11. The molecule has 9 heteroatoms. The van der Waals surface area contributed by atoms with Gasteiger partial charge < -0.3 is 24.8 Å². The minimum absolute atomic E-state index is 0.141. The number of H-pyrrole nitrogens is 1. The highest BCUT2D eigenvalue weighted by Crippen LogP contribution is 2.19. The normalized spacial score (nSPS) is 10.9. The Labute approximate surface area is 226 Å². The van der Waals surface area contributed by atoms with Crippen LogP contribution in [0.2, 0.25) is 5.02 Å². The van der Waals surface area contributed by atoms with Gasteiger partial charge in [-0.3, -0.25) is 4.79 Å². The number of aromatic amines is 1. The molecule has 4 aromatic rings. The van der Waals surface area contributed by atoms with E-state index in [1.165, 1.54) is 17.0 Å². The van der Waals surface area contributed by atoms with Crippen LogP contribution >= 0.6 is 11.6 Å². The number of carbonyl (C=O) groups excluding carboxylic acids is 2. The van der Waals surface area contributed by atoms with Crippen LogP contribution in [0, 0.1) is 5.82 Å². The number of urea groups is 1. The summed E-state index contributed by atoms with van der Waals surface area (Å²) in [4.78, 5) is 33.0. The lowest BCUT2D eigenvalue weighted by atomic mass is 10.1. The summed E-state index contributed by atoms with van der Waals surface area (Å²) in [6, 6.07) is 20.4. The second-order valence-electron chi connectivity index (χ2n) is 8.90. The minimum atomic E-state index is -0.420. The third kappa shape index (κ3) is 7.34. The Kier molecular flexibility index (Phi) is 9.35. The maximum absolute atomic E-state index is 13.6. The van der Waals surface area contributed by atoms with Gasteiger partial charge in [-0.05, 0) is 60.0 Å². The van der Waals surface area contributed by atoms with E-state index in [9.17, 15) is 14.0 Å². The predicted octanol–water partition coefficient (Wildman–Crippen LogP) is 5.71. The van der Waals surface area contributed by atoms with Gasteiger partial charge in [0.25, 0.3) is 0 Å². The Morgan fingerprint density at radius 1 is 0.974 bits per heavy atom. The molecule has 7 nitrogen and oxygen atoms in total. The van der Waals surface area contributed by atoms with Gasteiger partial charge in [0, 0.05) is 54.6 Å². The SMILES string of the molecule is COCCN(CC(=O)N(CCc1c[nH]c2ccccc12)Cc1ccc(F)cc1)C(=O)Nc1ccc(Cl)cc1. The molecule has 0 saturated heterocycles. The molecule has 4 rings (SSSR count). The van der Waals surface area contributed by atoms with Crippen molar-refractivity contribution < 1.29 is 18.7 Å². The molecule has 0 radical (unpaired) electrons. The lowest BCUT2D eigenvalue weighted by molar-refractivity contribution is -0.132. The molecule has 1 aromatic heterocycles. The van der Waals surface area contributed by atoms with Crippen LogP contribution in [0.3, 0.4) is 0 Å². The fourth-order valence-corrected chi connectivity index (χ4v) is 4.27. The molecule has 0 unspecified atom stereocenters. The van der Waals surface area contributed by atoms with E-state index < -0.39 is 6.03 Å². The summed E-state index contributed by atoms with van der Waals surface area (Å²) in [6.07, 6.45) is 2.57. The number of anilines is 1. The Morgan fingerprint density at radius 3 is 2.45 bits per heavy atom. The molecule has 3 amide bonds. The molecule has 0 saturated carbocycles. The largest absolute Gasteiger partial charge is 0.383 e. The van der Waals surface area contributed by atoms with Crippen LogP contribution in [0.25, 0.3) is 10.9 Å². The molecular weight excluding hydrogens is 507 g/mol. The number of ether oxygens (including phenoxy) is 1. The Hall–Kier alpha value is -3.88. The van der Waals surface area contributed by atoms with Crippen molar-refractivity contribution in [3.05, 3.63) is 101 Å². The monoisotopic (exact) mass is 536 g/mol. The number of fused-ring (bicyclic) bond motifs is 1. The van der Waals surface area contributed by atoms with E-state index in [4.69, 9.17) is 16.3 Å². The first-order valence-electron chi connectivity index (χ1n) is 12.3. The maximum Gasteiger partial charge on any atom is 0.322 e. The second-order valence-corrected chi connectivity index (χ2v) is 9.34.